The summed E-state index contributed by atoms with van der Waals surface area (Å²) in [6.07, 6.45) is 1.86. The van der Waals surface area contributed by atoms with Gasteiger partial charge in [0.05, 0.1) is 39.5 Å². The topological polar surface area (TPSA) is 116 Å². The summed E-state index contributed by atoms with van der Waals surface area (Å²) in [5, 5.41) is 1.95. The first-order valence-electron chi connectivity index (χ1n) is 22.3. The van der Waals surface area contributed by atoms with Crippen LogP contribution in [0.2, 0.25) is 0 Å². The van der Waals surface area contributed by atoms with Gasteiger partial charge in [0.1, 0.15) is 11.4 Å². The lowest BCUT2D eigenvalue weighted by atomic mass is 10.0. The maximum Gasteiger partial charge on any atom is 0.179 e. The van der Waals surface area contributed by atoms with Crippen LogP contribution in [0.15, 0.2) is 225 Å². The van der Waals surface area contributed by atoms with Crippen molar-refractivity contribution in [2.45, 2.75) is 0 Å². The van der Waals surface area contributed by atoms with Gasteiger partial charge in [-0.1, -0.05) is 182 Å². The number of hydrogen-bond acceptors (Lipinski definition) is 9. The minimum absolute atomic E-state index is 0.515. The van der Waals surface area contributed by atoms with Gasteiger partial charge in [-0.2, -0.15) is 0 Å². The lowest BCUT2D eigenvalue weighted by Gasteiger charge is -2.12. The zero-order valence-corrected chi connectivity index (χ0v) is 36.4. The zero-order chi connectivity index (χ0) is 45.2. The fourth-order valence-electron chi connectivity index (χ4n) is 8.39. The summed E-state index contributed by atoms with van der Waals surface area (Å²) in [6.45, 7) is 0. The molecule has 0 atom stereocenters. The molecular weight excluding hydrogens is 835 g/mol. The molecule has 0 fully saturated rings. The van der Waals surface area contributed by atoms with Crippen molar-refractivity contribution in [3.05, 3.63) is 225 Å². The van der Waals surface area contributed by atoms with E-state index in [4.69, 9.17) is 44.9 Å². The standard InChI is InChI=1S/C59H37N9/c1-5-17-40(18-6-1)54-45-25-13-15-27-48(45)61-58(67-54)52-35-50(63-56(65-52)42-21-9-3-10-22-42)39-31-29-38(30-32-39)47-34-33-44(37-60-47)51-36-53(66-57(64-51)43-23-11-4-12-24-43)59-62-49-28-16-14-26-46(49)55(68-59)41-19-7-2-8-20-41/h1-37H. The molecule has 9 nitrogen and oxygen atoms in total. The van der Waals surface area contributed by atoms with Crippen molar-refractivity contribution in [3.8, 4) is 102 Å². The summed E-state index contributed by atoms with van der Waals surface area (Å²) in [6, 6.07) is 72.8. The van der Waals surface area contributed by atoms with Crippen molar-refractivity contribution in [1.29, 1.82) is 0 Å². The van der Waals surface area contributed by atoms with Gasteiger partial charge in [-0.05, 0) is 36.4 Å². The highest BCUT2D eigenvalue weighted by atomic mass is 15.0. The van der Waals surface area contributed by atoms with Crippen LogP contribution < -0.4 is 0 Å². The van der Waals surface area contributed by atoms with Gasteiger partial charge in [-0.3, -0.25) is 4.98 Å². The lowest BCUT2D eigenvalue weighted by Crippen LogP contribution is -2.00. The molecule has 0 radical (unpaired) electrons. The fourth-order valence-corrected chi connectivity index (χ4v) is 8.39. The Morgan fingerprint density at radius 1 is 0.221 bits per heavy atom. The molecule has 0 N–H and O–H groups in total. The molecular formula is C59H37N9. The number of rotatable bonds is 9. The van der Waals surface area contributed by atoms with E-state index in [0.29, 0.717) is 40.4 Å². The second kappa shape index (κ2) is 17.5. The summed E-state index contributed by atoms with van der Waals surface area (Å²) >= 11 is 0. The smallest absolute Gasteiger partial charge is 0.179 e. The highest BCUT2D eigenvalue weighted by Crippen LogP contribution is 2.34. The average molecular weight is 872 g/mol. The predicted octanol–water partition coefficient (Wildman–Crippen LogP) is 13.6. The lowest BCUT2D eigenvalue weighted by molar-refractivity contribution is 1.13. The van der Waals surface area contributed by atoms with E-state index in [0.717, 1.165) is 83.5 Å². The SMILES string of the molecule is c1ccc(-c2nc(-c3ccc(-c4ccc(-c5cc(-c6nc(-c7ccccc7)c7ccccc7n6)nc(-c6ccccc6)n5)cn4)cc3)cc(-c3nc(-c4ccccc4)c4ccccc4n3)n2)cc1. The van der Waals surface area contributed by atoms with Crippen LogP contribution in [-0.2, 0) is 0 Å². The highest BCUT2D eigenvalue weighted by Gasteiger charge is 2.19. The van der Waals surface area contributed by atoms with Gasteiger partial charge in [0.25, 0.3) is 0 Å². The molecule has 5 heterocycles. The van der Waals surface area contributed by atoms with Gasteiger partial charge in [-0.15, -0.1) is 0 Å². The van der Waals surface area contributed by atoms with Crippen LogP contribution in [0.4, 0.5) is 0 Å². The summed E-state index contributed by atoms with van der Waals surface area (Å²) in [4.78, 5) is 45.5. The molecule has 0 saturated carbocycles. The first-order chi connectivity index (χ1) is 33.7. The molecule has 0 saturated heterocycles. The van der Waals surface area contributed by atoms with Gasteiger partial charge < -0.3 is 0 Å². The summed E-state index contributed by atoms with van der Waals surface area (Å²) in [5.74, 6) is 2.20. The maximum absolute atomic E-state index is 5.14. The Labute approximate surface area is 391 Å². The monoisotopic (exact) mass is 871 g/mol. The fraction of sp³-hybridized carbons (Fsp3) is 0. The first-order valence-corrected chi connectivity index (χ1v) is 22.3. The van der Waals surface area contributed by atoms with Crippen molar-refractivity contribution in [1.82, 2.24) is 44.9 Å². The van der Waals surface area contributed by atoms with Crippen molar-refractivity contribution < 1.29 is 0 Å². The molecule has 0 aliphatic rings. The first kappa shape index (κ1) is 40.1. The Morgan fingerprint density at radius 3 is 1.03 bits per heavy atom. The third-order valence-corrected chi connectivity index (χ3v) is 11.8. The van der Waals surface area contributed by atoms with Crippen molar-refractivity contribution in [3.63, 3.8) is 0 Å². The van der Waals surface area contributed by atoms with E-state index in [1.54, 1.807) is 0 Å². The maximum atomic E-state index is 5.14. The molecule has 12 aromatic rings. The van der Waals surface area contributed by atoms with Crippen LogP contribution in [0.1, 0.15) is 0 Å². The number of pyridine rings is 1. The number of aromatic nitrogens is 9. The van der Waals surface area contributed by atoms with Gasteiger partial charge in [-0.25, -0.2) is 39.9 Å². The van der Waals surface area contributed by atoms with E-state index < -0.39 is 0 Å². The Morgan fingerprint density at radius 2 is 0.588 bits per heavy atom. The minimum atomic E-state index is 0.515. The largest absolute Gasteiger partial charge is 0.256 e. The number of nitrogens with zero attached hydrogens (tertiary/aromatic N) is 9. The molecule has 9 heteroatoms. The predicted molar refractivity (Wildman–Crippen MR) is 271 cm³/mol. The Kier molecular flexibility index (Phi) is 10.3. The molecule has 0 aliphatic heterocycles. The molecule has 7 aromatic carbocycles. The second-order valence-corrected chi connectivity index (χ2v) is 16.2. The second-order valence-electron chi connectivity index (χ2n) is 16.2. The highest BCUT2D eigenvalue weighted by molar-refractivity contribution is 5.95. The van der Waals surface area contributed by atoms with Gasteiger partial charge in [0.15, 0.2) is 23.3 Å². The van der Waals surface area contributed by atoms with Crippen LogP contribution in [0.5, 0.6) is 0 Å². The molecule has 0 spiro atoms. The van der Waals surface area contributed by atoms with Gasteiger partial charge >= 0.3 is 0 Å². The quantitative estimate of drug-likeness (QED) is 0.140. The van der Waals surface area contributed by atoms with Crippen LogP contribution in [-0.4, -0.2) is 44.9 Å². The molecule has 0 amide bonds. The van der Waals surface area contributed by atoms with Crippen molar-refractivity contribution in [2.75, 3.05) is 0 Å². The Hall–Kier alpha value is -9.47. The molecule has 0 bridgehead atoms. The van der Waals surface area contributed by atoms with E-state index in [9.17, 15) is 0 Å². The molecule has 318 valence electrons. The molecule has 0 unspecified atom stereocenters. The molecule has 5 aromatic heterocycles. The summed E-state index contributed by atoms with van der Waals surface area (Å²) in [7, 11) is 0. The third kappa shape index (κ3) is 7.90. The van der Waals surface area contributed by atoms with Crippen LogP contribution in [0, 0.1) is 0 Å². The summed E-state index contributed by atoms with van der Waals surface area (Å²) in [5.41, 5.74) is 13.4. The number of benzene rings is 7. The van der Waals surface area contributed by atoms with Gasteiger partial charge in [0, 0.05) is 55.9 Å². The molecule has 68 heavy (non-hydrogen) atoms. The van der Waals surface area contributed by atoms with Crippen LogP contribution in [0.3, 0.4) is 0 Å². The zero-order valence-electron chi connectivity index (χ0n) is 36.4. The van der Waals surface area contributed by atoms with Crippen molar-refractivity contribution in [2.24, 2.45) is 0 Å². The van der Waals surface area contributed by atoms with Crippen molar-refractivity contribution >= 4 is 21.8 Å². The summed E-state index contributed by atoms with van der Waals surface area (Å²) < 4.78 is 0. The van der Waals surface area contributed by atoms with E-state index in [1.165, 1.54) is 0 Å². The number of hydrogen-bond donors (Lipinski definition) is 0. The number of fused-ring (bicyclic) bond motifs is 2. The van der Waals surface area contributed by atoms with Crippen LogP contribution >= 0.6 is 0 Å². The van der Waals surface area contributed by atoms with E-state index >= 15 is 0 Å². The molecule has 0 aliphatic carbocycles. The molecule has 12 rings (SSSR count). The average Bonchev–Trinajstić information content (AvgIpc) is 3.43. The van der Waals surface area contributed by atoms with Gasteiger partial charge in [0.2, 0.25) is 0 Å². The van der Waals surface area contributed by atoms with E-state index in [2.05, 4.69) is 60.7 Å². The Balaban J connectivity index is 0.898. The normalized spacial score (nSPS) is 11.2. The third-order valence-electron chi connectivity index (χ3n) is 11.8. The number of para-hydroxylation sites is 2. The van der Waals surface area contributed by atoms with E-state index in [1.807, 2.05) is 164 Å². The van der Waals surface area contributed by atoms with Crippen LogP contribution in [0.25, 0.3) is 124 Å². The minimum Gasteiger partial charge on any atom is -0.256 e. The Bertz CT molecular complexity index is 3510. The van der Waals surface area contributed by atoms with E-state index in [-0.39, 0.29) is 0 Å².